The maximum Gasteiger partial charge on any atom is 0.407 e. The third-order valence-corrected chi connectivity index (χ3v) is 8.84. The number of aliphatic carboxylic acids is 1. The van der Waals surface area contributed by atoms with Gasteiger partial charge in [-0.25, -0.2) is 14.4 Å². The number of rotatable bonds is 21. The topological polar surface area (TPSA) is 206 Å². The van der Waals surface area contributed by atoms with Gasteiger partial charge in [-0.1, -0.05) is 82.6 Å². The van der Waals surface area contributed by atoms with Crippen molar-refractivity contribution in [1.82, 2.24) is 21.3 Å². The molecule has 4 atom stereocenters. The molecule has 320 valence electrons. The van der Waals surface area contributed by atoms with Gasteiger partial charge in [0.1, 0.15) is 23.3 Å². The Hall–Kier alpha value is -5.27. The number of benzene rings is 2. The van der Waals surface area contributed by atoms with Gasteiger partial charge in [-0.3, -0.25) is 19.2 Å². The molecular formula is C44H64N4O10. The van der Waals surface area contributed by atoms with Crippen LogP contribution in [0.5, 0.6) is 0 Å². The Morgan fingerprint density at radius 2 is 1.17 bits per heavy atom. The maximum atomic E-state index is 14.0. The first kappa shape index (κ1) is 48.9. The molecule has 0 aliphatic rings. The van der Waals surface area contributed by atoms with Gasteiger partial charge in [0, 0.05) is 37.4 Å². The Bertz CT molecular complexity index is 1710. The van der Waals surface area contributed by atoms with Crippen LogP contribution in [-0.2, 0) is 35.1 Å². The number of carbonyl (C=O) groups is 7. The van der Waals surface area contributed by atoms with Crippen LogP contribution in [-0.4, -0.2) is 83.0 Å². The highest BCUT2D eigenvalue weighted by Gasteiger charge is 2.32. The number of hydrogen-bond acceptors (Lipinski definition) is 9. The van der Waals surface area contributed by atoms with Gasteiger partial charge in [-0.2, -0.15) is 0 Å². The minimum Gasteiger partial charge on any atom is -0.480 e. The molecule has 0 radical (unpaired) electrons. The van der Waals surface area contributed by atoms with Crippen LogP contribution < -0.4 is 21.3 Å². The number of aryl methyl sites for hydroxylation is 1. The molecule has 0 aliphatic carbocycles. The van der Waals surface area contributed by atoms with Gasteiger partial charge < -0.3 is 35.8 Å². The van der Waals surface area contributed by atoms with Gasteiger partial charge in [0.2, 0.25) is 11.8 Å². The van der Waals surface area contributed by atoms with E-state index in [2.05, 4.69) is 40.3 Å². The van der Waals surface area contributed by atoms with Gasteiger partial charge in [-0.05, 0) is 83.4 Å². The number of unbranched alkanes of at least 4 members (excludes halogenated alkanes) is 1. The Morgan fingerprint density at radius 1 is 0.672 bits per heavy atom. The summed E-state index contributed by atoms with van der Waals surface area (Å²) in [6, 6.07) is 12.7. The van der Waals surface area contributed by atoms with Crippen LogP contribution in [0.1, 0.15) is 117 Å². The van der Waals surface area contributed by atoms with Crippen molar-refractivity contribution in [3.05, 3.63) is 59.7 Å². The predicted molar refractivity (Wildman–Crippen MR) is 221 cm³/mol. The number of hydrogen-bond donors (Lipinski definition) is 5. The van der Waals surface area contributed by atoms with E-state index in [0.717, 1.165) is 30.4 Å². The highest BCUT2D eigenvalue weighted by molar-refractivity contribution is 6.00. The van der Waals surface area contributed by atoms with Gasteiger partial charge in [0.25, 0.3) is 0 Å². The van der Waals surface area contributed by atoms with Crippen LogP contribution in [0.4, 0.5) is 9.59 Å². The molecule has 0 heterocycles. The van der Waals surface area contributed by atoms with E-state index in [-0.39, 0.29) is 25.3 Å². The van der Waals surface area contributed by atoms with Crippen LogP contribution in [0.15, 0.2) is 48.5 Å². The molecule has 58 heavy (non-hydrogen) atoms. The Labute approximate surface area is 343 Å². The van der Waals surface area contributed by atoms with Crippen molar-refractivity contribution in [3.8, 4) is 11.1 Å². The third kappa shape index (κ3) is 18.3. The van der Waals surface area contributed by atoms with E-state index < -0.39 is 89.6 Å². The molecule has 4 amide bonds. The summed E-state index contributed by atoms with van der Waals surface area (Å²) < 4.78 is 10.6. The average Bonchev–Trinajstić information content (AvgIpc) is 3.12. The van der Waals surface area contributed by atoms with E-state index >= 15 is 0 Å². The fourth-order valence-corrected chi connectivity index (χ4v) is 5.79. The monoisotopic (exact) mass is 808 g/mol. The van der Waals surface area contributed by atoms with E-state index in [1.54, 1.807) is 53.7 Å². The quantitative estimate of drug-likeness (QED) is 0.0851. The fraction of sp³-hybridized carbons (Fsp3) is 0.568. The largest absolute Gasteiger partial charge is 0.480 e. The first-order valence-electron chi connectivity index (χ1n) is 20.0. The molecule has 0 fully saturated rings. The van der Waals surface area contributed by atoms with Crippen LogP contribution in [0.25, 0.3) is 11.1 Å². The van der Waals surface area contributed by atoms with E-state index in [0.29, 0.717) is 5.56 Å². The molecule has 0 spiro atoms. The van der Waals surface area contributed by atoms with Crippen LogP contribution in [0.2, 0.25) is 0 Å². The number of carbonyl (C=O) groups excluding carboxylic acids is 6. The summed E-state index contributed by atoms with van der Waals surface area (Å²) in [5.41, 5.74) is 1.75. The lowest BCUT2D eigenvalue weighted by Crippen LogP contribution is -2.53. The van der Waals surface area contributed by atoms with Crippen molar-refractivity contribution in [1.29, 1.82) is 0 Å². The average molecular weight is 809 g/mol. The SMILES string of the molecule is CCCCc1ccc(-c2ccc(C(=O)C[C@@H](CNC(=O)OC(C)(C)C)C(=O)N[C@@H](CNC(=O)OC(C)(C)C)C(=O)C[C@@H](C)C(=O)N[C@@H](CC(C)C)C(=O)O)cc2)cc1. The van der Waals surface area contributed by atoms with Crippen molar-refractivity contribution in [3.63, 3.8) is 0 Å². The van der Waals surface area contributed by atoms with E-state index in [1.807, 2.05) is 38.1 Å². The smallest absolute Gasteiger partial charge is 0.407 e. The zero-order chi connectivity index (χ0) is 43.8. The Morgan fingerprint density at radius 3 is 1.66 bits per heavy atom. The standard InChI is InChI=1S/C44H64N4O10/c1-11-12-13-29-14-16-30(17-15-29)31-18-20-32(21-19-31)36(49)24-33(25-45-41(55)57-43(5,6)7)39(52)48-35(26-46-42(56)58-44(8,9)10)37(50)23-28(4)38(51)47-34(40(53)54)22-27(2)3/h14-21,27-28,33-35H,11-13,22-26H2,1-10H3,(H,45,55)(H,46,56)(H,47,51)(H,48,52)(H,53,54)/t28-,33+,34+,35+/m1/s1. The lowest BCUT2D eigenvalue weighted by molar-refractivity contribution is -0.143. The molecule has 0 aliphatic heterocycles. The van der Waals surface area contributed by atoms with Gasteiger partial charge in [-0.15, -0.1) is 0 Å². The highest BCUT2D eigenvalue weighted by Crippen LogP contribution is 2.23. The summed E-state index contributed by atoms with van der Waals surface area (Å²) in [5.74, 6) is -5.95. The maximum absolute atomic E-state index is 14.0. The number of alkyl carbamates (subject to hydrolysis) is 2. The Balaban J connectivity index is 2.34. The molecule has 2 aromatic carbocycles. The van der Waals surface area contributed by atoms with Gasteiger partial charge in [0.15, 0.2) is 11.6 Å². The second-order valence-corrected chi connectivity index (χ2v) is 17.1. The number of ketones is 2. The predicted octanol–water partition coefficient (Wildman–Crippen LogP) is 6.63. The zero-order valence-electron chi connectivity index (χ0n) is 35.8. The third-order valence-electron chi connectivity index (χ3n) is 8.84. The van der Waals surface area contributed by atoms with Crippen LogP contribution >= 0.6 is 0 Å². The summed E-state index contributed by atoms with van der Waals surface area (Å²) in [4.78, 5) is 91.4. The van der Waals surface area contributed by atoms with E-state index in [4.69, 9.17) is 9.47 Å². The molecule has 0 aromatic heterocycles. The molecule has 2 rings (SSSR count). The number of ether oxygens (including phenoxy) is 2. The molecule has 0 bridgehead atoms. The molecule has 5 N–H and O–H groups in total. The van der Waals surface area contributed by atoms with Crippen molar-refractivity contribution >= 4 is 41.5 Å². The second-order valence-electron chi connectivity index (χ2n) is 17.1. The number of Topliss-reactive ketones (excluding diaryl/α,β-unsaturated/α-hetero) is 2. The lowest BCUT2D eigenvalue weighted by Gasteiger charge is -2.25. The van der Waals surface area contributed by atoms with E-state index in [9.17, 15) is 38.7 Å². The van der Waals surface area contributed by atoms with Crippen molar-refractivity contribution in [2.45, 2.75) is 131 Å². The van der Waals surface area contributed by atoms with E-state index in [1.165, 1.54) is 12.5 Å². The first-order valence-corrected chi connectivity index (χ1v) is 20.0. The molecule has 14 heteroatoms. The molecular weight excluding hydrogens is 745 g/mol. The fourth-order valence-electron chi connectivity index (χ4n) is 5.79. The van der Waals surface area contributed by atoms with Crippen molar-refractivity contribution < 1.29 is 48.1 Å². The van der Waals surface area contributed by atoms with Crippen LogP contribution in [0, 0.1) is 17.8 Å². The summed E-state index contributed by atoms with van der Waals surface area (Å²) in [6.45, 7) is 16.4. The number of amides is 4. The first-order chi connectivity index (χ1) is 27.0. The Kier molecular flexibility index (Phi) is 19.1. The minimum absolute atomic E-state index is 0.0288. The van der Waals surface area contributed by atoms with Gasteiger partial charge >= 0.3 is 18.2 Å². The second kappa shape index (κ2) is 22.6. The lowest BCUT2D eigenvalue weighted by atomic mass is 9.94. The summed E-state index contributed by atoms with van der Waals surface area (Å²) in [7, 11) is 0. The number of carboxylic acids is 1. The van der Waals surface area contributed by atoms with Crippen molar-refractivity contribution in [2.24, 2.45) is 17.8 Å². The summed E-state index contributed by atoms with van der Waals surface area (Å²) in [5, 5.41) is 19.7. The molecule has 0 saturated carbocycles. The van der Waals surface area contributed by atoms with Gasteiger partial charge in [0.05, 0.1) is 5.92 Å². The molecule has 14 nitrogen and oxygen atoms in total. The summed E-state index contributed by atoms with van der Waals surface area (Å²) in [6.07, 6.45) is 0.922. The number of nitrogens with one attached hydrogen (secondary N) is 4. The number of carboxylic acid groups (broad SMARTS) is 1. The van der Waals surface area contributed by atoms with Crippen LogP contribution in [0.3, 0.4) is 0 Å². The molecule has 0 unspecified atom stereocenters. The summed E-state index contributed by atoms with van der Waals surface area (Å²) >= 11 is 0. The molecule has 2 aromatic rings. The zero-order valence-corrected chi connectivity index (χ0v) is 35.8. The van der Waals surface area contributed by atoms with Crippen molar-refractivity contribution in [2.75, 3.05) is 13.1 Å². The highest BCUT2D eigenvalue weighted by atomic mass is 16.6. The molecule has 0 saturated heterocycles. The normalized spacial score (nSPS) is 13.6. The minimum atomic E-state index is -1.40.